The Bertz CT molecular complexity index is 1050. The van der Waals surface area contributed by atoms with Crippen molar-refractivity contribution < 1.29 is 4.79 Å². The van der Waals surface area contributed by atoms with Crippen molar-refractivity contribution in [3.05, 3.63) is 89.2 Å². The van der Waals surface area contributed by atoms with E-state index in [1.807, 2.05) is 23.2 Å². The Balaban J connectivity index is 1.43. The second-order valence-electron chi connectivity index (χ2n) is 7.73. The highest BCUT2D eigenvalue weighted by Crippen LogP contribution is 2.38. The molecule has 1 aromatic heterocycles. The van der Waals surface area contributed by atoms with Crippen LogP contribution in [0.3, 0.4) is 0 Å². The maximum absolute atomic E-state index is 13.2. The summed E-state index contributed by atoms with van der Waals surface area (Å²) in [6.45, 7) is 3.64. The van der Waals surface area contributed by atoms with Crippen LogP contribution in [-0.2, 0) is 19.4 Å². The summed E-state index contributed by atoms with van der Waals surface area (Å²) in [5.74, 6) is 0.0592. The van der Waals surface area contributed by atoms with Crippen molar-refractivity contribution in [2.45, 2.75) is 32.4 Å². The van der Waals surface area contributed by atoms with Crippen LogP contribution in [0.2, 0.25) is 0 Å². The Hall–Kier alpha value is -3.14. The minimum Gasteiger partial charge on any atom is -0.337 e. The zero-order valence-electron chi connectivity index (χ0n) is 16.0. The Morgan fingerprint density at radius 1 is 1.00 bits per heavy atom. The normalized spacial score (nSPS) is 18.0. The summed E-state index contributed by atoms with van der Waals surface area (Å²) >= 11 is 0. The first kappa shape index (κ1) is 17.0. The first-order chi connectivity index (χ1) is 13.7. The zero-order valence-corrected chi connectivity index (χ0v) is 16.0. The second kappa shape index (κ2) is 6.79. The van der Waals surface area contributed by atoms with Gasteiger partial charge < -0.3 is 9.80 Å². The van der Waals surface area contributed by atoms with Crippen molar-refractivity contribution in [1.82, 2.24) is 9.88 Å². The SMILES string of the molecule is CC1Cc2ccccc2N1c1cncc(C(=O)N2CCc3ccccc3C2)c1. The molecule has 5 rings (SSSR count). The number of fused-ring (bicyclic) bond motifs is 2. The highest BCUT2D eigenvalue weighted by atomic mass is 16.2. The number of carbonyl (C=O) groups excluding carboxylic acids is 1. The molecule has 140 valence electrons. The van der Waals surface area contributed by atoms with Gasteiger partial charge in [-0.2, -0.15) is 0 Å². The van der Waals surface area contributed by atoms with Gasteiger partial charge in [0.05, 0.1) is 17.4 Å². The molecule has 4 nitrogen and oxygen atoms in total. The number of nitrogens with zero attached hydrogens (tertiary/aromatic N) is 3. The van der Waals surface area contributed by atoms with Crippen molar-refractivity contribution >= 4 is 17.3 Å². The molecular formula is C24H23N3O. The fourth-order valence-electron chi connectivity index (χ4n) is 4.49. The summed E-state index contributed by atoms with van der Waals surface area (Å²) in [7, 11) is 0. The van der Waals surface area contributed by atoms with Gasteiger partial charge in [-0.1, -0.05) is 42.5 Å². The molecule has 0 spiro atoms. The molecule has 0 saturated heterocycles. The monoisotopic (exact) mass is 369 g/mol. The minimum absolute atomic E-state index is 0.0592. The molecule has 0 bridgehead atoms. The summed E-state index contributed by atoms with van der Waals surface area (Å²) in [6, 6.07) is 19.2. The van der Waals surface area contributed by atoms with E-state index in [1.165, 1.54) is 22.4 Å². The van der Waals surface area contributed by atoms with Gasteiger partial charge in [-0.05, 0) is 48.6 Å². The summed E-state index contributed by atoms with van der Waals surface area (Å²) in [4.78, 5) is 21.8. The lowest BCUT2D eigenvalue weighted by Gasteiger charge is -2.29. The Labute approximate surface area is 165 Å². The van der Waals surface area contributed by atoms with Gasteiger partial charge in [0, 0.05) is 31.0 Å². The first-order valence-electron chi connectivity index (χ1n) is 9.89. The molecule has 28 heavy (non-hydrogen) atoms. The van der Waals surface area contributed by atoms with E-state index in [9.17, 15) is 4.79 Å². The van der Waals surface area contributed by atoms with Crippen molar-refractivity contribution in [2.24, 2.45) is 0 Å². The maximum atomic E-state index is 13.2. The van der Waals surface area contributed by atoms with Gasteiger partial charge in [-0.15, -0.1) is 0 Å². The third kappa shape index (κ3) is 2.85. The van der Waals surface area contributed by atoms with E-state index in [0.29, 0.717) is 18.2 Å². The van der Waals surface area contributed by atoms with Crippen LogP contribution in [0.4, 0.5) is 11.4 Å². The lowest BCUT2D eigenvalue weighted by molar-refractivity contribution is 0.0734. The second-order valence-corrected chi connectivity index (χ2v) is 7.73. The van der Waals surface area contributed by atoms with Crippen LogP contribution in [-0.4, -0.2) is 28.4 Å². The van der Waals surface area contributed by atoms with Gasteiger partial charge in [-0.3, -0.25) is 9.78 Å². The number of pyridine rings is 1. The lowest BCUT2D eigenvalue weighted by atomic mass is 9.99. The number of hydrogen-bond donors (Lipinski definition) is 0. The van der Waals surface area contributed by atoms with Crippen LogP contribution in [0, 0.1) is 0 Å². The zero-order chi connectivity index (χ0) is 19.1. The van der Waals surface area contributed by atoms with Crippen LogP contribution < -0.4 is 4.90 Å². The predicted octanol–water partition coefficient (Wildman–Crippen LogP) is 4.36. The molecule has 0 aliphatic carbocycles. The Morgan fingerprint density at radius 2 is 1.75 bits per heavy atom. The largest absolute Gasteiger partial charge is 0.337 e. The highest BCUT2D eigenvalue weighted by Gasteiger charge is 2.28. The third-order valence-electron chi connectivity index (χ3n) is 5.87. The van der Waals surface area contributed by atoms with Gasteiger partial charge in [0.25, 0.3) is 5.91 Å². The molecule has 1 unspecified atom stereocenters. The molecule has 0 N–H and O–H groups in total. The standard InChI is InChI=1S/C24H23N3O/c1-17-12-19-7-4-5-9-23(19)27(17)22-13-21(14-25-15-22)24(28)26-11-10-18-6-2-3-8-20(18)16-26/h2-9,13-15,17H,10-12,16H2,1H3. The van der Waals surface area contributed by atoms with Crippen LogP contribution in [0.15, 0.2) is 67.0 Å². The van der Waals surface area contributed by atoms with E-state index < -0.39 is 0 Å². The van der Waals surface area contributed by atoms with Gasteiger partial charge in [0.2, 0.25) is 0 Å². The van der Waals surface area contributed by atoms with Crippen molar-refractivity contribution in [1.29, 1.82) is 0 Å². The average molecular weight is 369 g/mol. The summed E-state index contributed by atoms with van der Waals surface area (Å²) < 4.78 is 0. The molecule has 0 radical (unpaired) electrons. The number of amides is 1. The average Bonchev–Trinajstić information content (AvgIpc) is 3.08. The van der Waals surface area contributed by atoms with E-state index in [0.717, 1.165) is 25.1 Å². The highest BCUT2D eigenvalue weighted by molar-refractivity contribution is 5.95. The molecule has 1 atom stereocenters. The topological polar surface area (TPSA) is 36.4 Å². The predicted molar refractivity (Wildman–Crippen MR) is 111 cm³/mol. The minimum atomic E-state index is 0.0592. The van der Waals surface area contributed by atoms with E-state index in [2.05, 4.69) is 59.3 Å². The summed E-state index contributed by atoms with van der Waals surface area (Å²) in [5.41, 5.74) is 6.80. The van der Waals surface area contributed by atoms with Crippen molar-refractivity contribution in [3.8, 4) is 0 Å². The molecule has 2 aliphatic heterocycles. The molecule has 2 aromatic carbocycles. The van der Waals surface area contributed by atoms with Gasteiger partial charge in [-0.25, -0.2) is 0 Å². The van der Waals surface area contributed by atoms with Crippen LogP contribution in [0.25, 0.3) is 0 Å². The number of benzene rings is 2. The quantitative estimate of drug-likeness (QED) is 0.673. The Kier molecular flexibility index (Phi) is 4.12. The third-order valence-corrected chi connectivity index (χ3v) is 5.87. The van der Waals surface area contributed by atoms with Gasteiger partial charge in [0.1, 0.15) is 0 Å². The van der Waals surface area contributed by atoms with Crippen LogP contribution in [0.1, 0.15) is 34.0 Å². The number of para-hydroxylation sites is 1. The van der Waals surface area contributed by atoms with Crippen LogP contribution in [0.5, 0.6) is 0 Å². The fraction of sp³-hybridized carbons (Fsp3) is 0.250. The van der Waals surface area contributed by atoms with E-state index in [-0.39, 0.29) is 5.91 Å². The fourth-order valence-corrected chi connectivity index (χ4v) is 4.49. The number of carbonyl (C=O) groups is 1. The smallest absolute Gasteiger partial charge is 0.255 e. The number of rotatable bonds is 2. The molecule has 4 heteroatoms. The van der Waals surface area contributed by atoms with E-state index in [1.54, 1.807) is 6.20 Å². The molecule has 3 aromatic rings. The molecule has 1 amide bonds. The van der Waals surface area contributed by atoms with Crippen molar-refractivity contribution in [2.75, 3.05) is 11.4 Å². The molecule has 3 heterocycles. The first-order valence-corrected chi connectivity index (χ1v) is 9.89. The molecule has 0 saturated carbocycles. The maximum Gasteiger partial charge on any atom is 0.255 e. The molecule has 2 aliphatic rings. The Morgan fingerprint density at radius 3 is 2.61 bits per heavy atom. The van der Waals surface area contributed by atoms with E-state index >= 15 is 0 Å². The van der Waals surface area contributed by atoms with Gasteiger partial charge in [0.15, 0.2) is 0 Å². The number of aromatic nitrogens is 1. The number of hydrogen-bond acceptors (Lipinski definition) is 3. The lowest BCUT2D eigenvalue weighted by Crippen LogP contribution is -2.36. The number of anilines is 2. The van der Waals surface area contributed by atoms with Crippen LogP contribution >= 0.6 is 0 Å². The molecular weight excluding hydrogens is 346 g/mol. The molecule has 0 fully saturated rings. The summed E-state index contributed by atoms with van der Waals surface area (Å²) in [6.07, 6.45) is 5.47. The summed E-state index contributed by atoms with van der Waals surface area (Å²) in [5, 5.41) is 0. The van der Waals surface area contributed by atoms with Gasteiger partial charge >= 0.3 is 0 Å². The van der Waals surface area contributed by atoms with Crippen molar-refractivity contribution in [3.63, 3.8) is 0 Å². The van der Waals surface area contributed by atoms with E-state index in [4.69, 9.17) is 0 Å².